The van der Waals surface area contributed by atoms with E-state index >= 15 is 0 Å². The van der Waals surface area contributed by atoms with E-state index in [1.807, 2.05) is 0 Å². The van der Waals surface area contributed by atoms with E-state index < -0.39 is 32.7 Å². The van der Waals surface area contributed by atoms with Crippen LogP contribution in [-0.2, 0) is 15.0 Å². The number of carbonyl (C=O) groups is 1. The van der Waals surface area contributed by atoms with Crippen molar-refractivity contribution < 1.29 is 22.0 Å². The van der Waals surface area contributed by atoms with Crippen LogP contribution in [0.3, 0.4) is 0 Å². The van der Waals surface area contributed by atoms with Crippen molar-refractivity contribution in [1.29, 1.82) is 0 Å². The first-order chi connectivity index (χ1) is 9.20. The van der Waals surface area contributed by atoms with Gasteiger partial charge in [0.2, 0.25) is 5.91 Å². The molecule has 1 aromatic rings. The highest BCUT2D eigenvalue weighted by molar-refractivity contribution is 9.10. The zero-order valence-electron chi connectivity index (χ0n) is 9.82. The monoisotopic (exact) mass is 366 g/mol. The molecule has 7 nitrogen and oxygen atoms in total. The maximum Gasteiger partial charge on any atom is 0.307 e. The molecule has 0 radical (unpaired) electrons. The lowest BCUT2D eigenvalue weighted by Crippen LogP contribution is -2.27. The third-order valence-electron chi connectivity index (χ3n) is 2.92. The molecule has 1 heterocycles. The Kier molecular flexibility index (Phi) is 3.78. The number of hydrogen-bond donors (Lipinski definition) is 0. The fourth-order valence-electron chi connectivity index (χ4n) is 1.92. The molecule has 0 saturated carbocycles. The molecular weight excluding hydrogens is 359 g/mol. The highest BCUT2D eigenvalue weighted by Crippen LogP contribution is 2.34. The van der Waals surface area contributed by atoms with Crippen LogP contribution in [0.15, 0.2) is 22.7 Å². The SMILES string of the molecule is O=C1CC(S(=O)(=O)F)CN1c1cc([N+](=O)[O-])ccc1Br. The van der Waals surface area contributed by atoms with Gasteiger partial charge in [-0.2, -0.15) is 8.42 Å². The summed E-state index contributed by atoms with van der Waals surface area (Å²) in [6.07, 6.45) is -0.478. The second-order valence-corrected chi connectivity index (χ2v) is 6.67. The van der Waals surface area contributed by atoms with E-state index in [4.69, 9.17) is 0 Å². The van der Waals surface area contributed by atoms with E-state index in [2.05, 4.69) is 15.9 Å². The smallest absolute Gasteiger partial charge is 0.307 e. The van der Waals surface area contributed by atoms with Gasteiger partial charge in [-0.15, -0.1) is 3.89 Å². The highest BCUT2D eigenvalue weighted by atomic mass is 79.9. The predicted octanol–water partition coefficient (Wildman–Crippen LogP) is 1.76. The van der Waals surface area contributed by atoms with E-state index in [0.717, 1.165) is 11.0 Å². The number of nitro groups is 1. The van der Waals surface area contributed by atoms with Crippen molar-refractivity contribution in [3.8, 4) is 0 Å². The standard InChI is InChI=1S/C10H8BrFN2O5S/c11-8-2-1-6(14(16)17)3-9(8)13-5-7(4-10(13)15)20(12,18)19/h1-3,7H,4-5H2. The number of nitrogens with zero attached hydrogens (tertiary/aromatic N) is 2. The van der Waals surface area contributed by atoms with Gasteiger partial charge in [-0.25, -0.2) is 0 Å². The number of halogens is 2. The molecule has 1 amide bonds. The second-order valence-electron chi connectivity index (χ2n) is 4.20. The average molecular weight is 367 g/mol. The van der Waals surface area contributed by atoms with Crippen LogP contribution in [0.2, 0.25) is 0 Å². The first-order valence-electron chi connectivity index (χ1n) is 5.38. The predicted molar refractivity (Wildman–Crippen MR) is 71.6 cm³/mol. The summed E-state index contributed by atoms with van der Waals surface area (Å²) in [6.45, 7) is -0.364. The van der Waals surface area contributed by atoms with Crippen molar-refractivity contribution >= 4 is 43.4 Å². The summed E-state index contributed by atoms with van der Waals surface area (Å²) in [4.78, 5) is 22.9. The van der Waals surface area contributed by atoms with Crippen molar-refractivity contribution in [2.45, 2.75) is 11.7 Å². The second kappa shape index (κ2) is 5.09. The van der Waals surface area contributed by atoms with Crippen LogP contribution in [0.1, 0.15) is 6.42 Å². The van der Waals surface area contributed by atoms with Crippen LogP contribution in [0.5, 0.6) is 0 Å². The molecule has 1 aromatic carbocycles. The fourth-order valence-corrected chi connectivity index (χ4v) is 3.05. The molecule has 1 aliphatic heterocycles. The minimum Gasteiger partial charge on any atom is -0.310 e. The van der Waals surface area contributed by atoms with Crippen molar-refractivity contribution in [2.24, 2.45) is 0 Å². The van der Waals surface area contributed by atoms with Gasteiger partial charge in [-0.05, 0) is 22.0 Å². The molecule has 1 unspecified atom stereocenters. The zero-order valence-corrected chi connectivity index (χ0v) is 12.2. The molecule has 20 heavy (non-hydrogen) atoms. The topological polar surface area (TPSA) is 97.6 Å². The summed E-state index contributed by atoms with van der Waals surface area (Å²) in [5.74, 6) is -0.600. The van der Waals surface area contributed by atoms with Gasteiger partial charge >= 0.3 is 10.2 Å². The molecule has 0 aliphatic carbocycles. The first kappa shape index (κ1) is 14.9. The van der Waals surface area contributed by atoms with Crippen molar-refractivity contribution in [3.63, 3.8) is 0 Å². The molecule has 10 heteroatoms. The van der Waals surface area contributed by atoms with E-state index in [1.54, 1.807) is 0 Å². The van der Waals surface area contributed by atoms with Gasteiger partial charge in [0.1, 0.15) is 5.25 Å². The number of amides is 1. The molecule has 0 aromatic heterocycles. The summed E-state index contributed by atoms with van der Waals surface area (Å²) in [6, 6.07) is 3.74. The Morgan fingerprint density at radius 1 is 1.45 bits per heavy atom. The molecule has 2 rings (SSSR count). The van der Waals surface area contributed by atoms with Crippen molar-refractivity contribution in [1.82, 2.24) is 0 Å². The number of rotatable bonds is 3. The molecule has 0 spiro atoms. The Labute approximate surface area is 121 Å². The normalized spacial score (nSPS) is 19.4. The van der Waals surface area contributed by atoms with Crippen molar-refractivity contribution in [3.05, 3.63) is 32.8 Å². The molecule has 0 bridgehead atoms. The van der Waals surface area contributed by atoms with E-state index in [-0.39, 0.29) is 17.9 Å². The Hall–Kier alpha value is -1.55. The van der Waals surface area contributed by atoms with Gasteiger partial charge in [0.25, 0.3) is 5.69 Å². The third kappa shape index (κ3) is 2.80. The van der Waals surface area contributed by atoms with Gasteiger partial charge in [0.05, 0.1) is 10.6 Å². The highest BCUT2D eigenvalue weighted by Gasteiger charge is 2.39. The Morgan fingerprint density at radius 3 is 2.60 bits per heavy atom. The Morgan fingerprint density at radius 2 is 2.10 bits per heavy atom. The zero-order chi connectivity index (χ0) is 15.1. The van der Waals surface area contributed by atoms with Crippen LogP contribution in [0.25, 0.3) is 0 Å². The van der Waals surface area contributed by atoms with Gasteiger partial charge in [-0.1, -0.05) is 0 Å². The van der Waals surface area contributed by atoms with Crippen LogP contribution >= 0.6 is 15.9 Å². The number of hydrogen-bond acceptors (Lipinski definition) is 5. The van der Waals surface area contributed by atoms with E-state index in [1.165, 1.54) is 12.1 Å². The molecule has 1 fully saturated rings. The molecular formula is C10H8BrFN2O5S. The molecule has 1 atom stereocenters. The van der Waals surface area contributed by atoms with Crippen LogP contribution < -0.4 is 4.90 Å². The maximum absolute atomic E-state index is 12.9. The maximum atomic E-state index is 12.9. The van der Waals surface area contributed by atoms with Crippen LogP contribution in [-0.4, -0.2) is 31.0 Å². The third-order valence-corrected chi connectivity index (χ3v) is 4.70. The lowest BCUT2D eigenvalue weighted by Gasteiger charge is -2.17. The summed E-state index contributed by atoms with van der Waals surface area (Å²) in [5, 5.41) is 9.27. The number of non-ortho nitro benzene ring substituents is 1. The van der Waals surface area contributed by atoms with Crippen LogP contribution in [0.4, 0.5) is 15.3 Å². The minimum atomic E-state index is -4.83. The lowest BCUT2D eigenvalue weighted by molar-refractivity contribution is -0.384. The number of benzene rings is 1. The summed E-state index contributed by atoms with van der Waals surface area (Å²) in [5.41, 5.74) is -0.0992. The number of nitro benzene ring substituents is 1. The number of anilines is 1. The average Bonchev–Trinajstić information content (AvgIpc) is 2.71. The molecule has 1 aliphatic rings. The molecule has 0 N–H and O–H groups in total. The summed E-state index contributed by atoms with van der Waals surface area (Å²) in [7, 11) is -4.83. The van der Waals surface area contributed by atoms with Crippen LogP contribution in [0, 0.1) is 10.1 Å². The largest absolute Gasteiger partial charge is 0.310 e. The summed E-state index contributed by atoms with van der Waals surface area (Å²) >= 11 is 3.13. The van der Waals surface area contributed by atoms with Crippen molar-refractivity contribution in [2.75, 3.05) is 11.4 Å². The van der Waals surface area contributed by atoms with Gasteiger partial charge in [0, 0.05) is 29.6 Å². The Balaban J connectivity index is 2.40. The summed E-state index contributed by atoms with van der Waals surface area (Å²) < 4.78 is 35.0. The lowest BCUT2D eigenvalue weighted by atomic mass is 10.2. The molecule has 108 valence electrons. The van der Waals surface area contributed by atoms with E-state index in [9.17, 15) is 27.2 Å². The fraction of sp³-hybridized carbons (Fsp3) is 0.300. The van der Waals surface area contributed by atoms with Gasteiger partial charge in [-0.3, -0.25) is 14.9 Å². The van der Waals surface area contributed by atoms with Gasteiger partial charge < -0.3 is 4.90 Å². The van der Waals surface area contributed by atoms with Gasteiger partial charge in [0.15, 0.2) is 0 Å². The Bertz CT molecular complexity index is 693. The number of carbonyl (C=O) groups excluding carboxylic acids is 1. The first-order valence-corrected chi connectivity index (χ1v) is 7.62. The van der Waals surface area contributed by atoms with E-state index in [0.29, 0.717) is 4.47 Å². The minimum absolute atomic E-state index is 0.148. The molecule has 1 saturated heterocycles. The quantitative estimate of drug-likeness (QED) is 0.461.